The Morgan fingerprint density at radius 2 is 1.76 bits per heavy atom. The van der Waals surface area contributed by atoms with Crippen LogP contribution in [0.2, 0.25) is 0 Å². The maximum Gasteiger partial charge on any atom is 0.256 e. The van der Waals surface area contributed by atoms with Crippen molar-refractivity contribution >= 4 is 33.0 Å². The minimum atomic E-state index is -3.23. The van der Waals surface area contributed by atoms with Crippen LogP contribution in [-0.2, 0) is 23.0 Å². The molecule has 1 aliphatic heterocycles. The van der Waals surface area contributed by atoms with E-state index in [2.05, 4.69) is 10.6 Å². The van der Waals surface area contributed by atoms with Gasteiger partial charge in [-0.1, -0.05) is 18.2 Å². The lowest BCUT2D eigenvalue weighted by Crippen LogP contribution is -2.35. The Morgan fingerprint density at radius 1 is 1.03 bits per heavy atom. The number of aryl methyl sites for hydroxylation is 1. The lowest BCUT2D eigenvalue weighted by Gasteiger charge is -2.28. The molecule has 0 atom stereocenters. The number of nitrogens with zero attached hydrogens (tertiary/aromatic N) is 1. The lowest BCUT2D eigenvalue weighted by atomic mass is 9.98. The van der Waals surface area contributed by atoms with Gasteiger partial charge in [0.2, 0.25) is 10.0 Å². The highest BCUT2D eigenvalue weighted by Crippen LogP contribution is 2.30. The number of hydrogen-bond donors (Lipinski definition) is 2. The van der Waals surface area contributed by atoms with Crippen LogP contribution < -0.4 is 15.4 Å². The first-order valence-corrected chi connectivity index (χ1v) is 12.5. The zero-order chi connectivity index (χ0) is 23.6. The number of anilines is 3. The fourth-order valence-electron chi connectivity index (χ4n) is 3.96. The van der Waals surface area contributed by atoms with Crippen LogP contribution in [-0.4, -0.2) is 38.5 Å². The van der Waals surface area contributed by atoms with Crippen LogP contribution in [0.15, 0.2) is 60.7 Å². The van der Waals surface area contributed by atoms with Crippen LogP contribution in [0.4, 0.5) is 17.1 Å². The van der Waals surface area contributed by atoms with Crippen LogP contribution in [0.25, 0.3) is 0 Å². The number of carbonyl (C=O) groups excluding carboxylic acids is 1. The second-order valence-electron chi connectivity index (χ2n) is 8.13. The Hall–Kier alpha value is -3.36. The van der Waals surface area contributed by atoms with E-state index in [0.717, 1.165) is 33.8 Å². The Balaban J connectivity index is 1.54. The topological polar surface area (TPSA) is 87.7 Å². The number of hydrogen-bond acceptors (Lipinski definition) is 5. The standard InChI is InChI=1S/C25H27N3O4S/c1-17-7-8-20(15-23(17)25(29)27-19-9-11-21(32-2)12-10-19)26-24-6-4-5-18-16-28(33(3,30)31)14-13-22(18)24/h4-12,15,26H,13-14,16H2,1-3H3,(H,27,29). The maximum atomic E-state index is 12.9. The number of sulfonamides is 1. The van der Waals surface area contributed by atoms with Crippen molar-refractivity contribution in [3.63, 3.8) is 0 Å². The van der Waals surface area contributed by atoms with Gasteiger partial charge in [-0.3, -0.25) is 4.79 Å². The fourth-order valence-corrected chi connectivity index (χ4v) is 4.75. The first-order chi connectivity index (χ1) is 15.7. The highest BCUT2D eigenvalue weighted by molar-refractivity contribution is 7.88. The summed E-state index contributed by atoms with van der Waals surface area (Å²) in [5.74, 6) is 0.529. The number of ether oxygens (including phenoxy) is 1. The Labute approximate surface area is 194 Å². The number of carbonyl (C=O) groups is 1. The molecule has 4 rings (SSSR count). The van der Waals surface area contributed by atoms with Gasteiger partial charge in [0.25, 0.3) is 5.91 Å². The normalized spacial score (nSPS) is 13.8. The van der Waals surface area contributed by atoms with Gasteiger partial charge in [0.1, 0.15) is 5.75 Å². The summed E-state index contributed by atoms with van der Waals surface area (Å²) in [5.41, 5.74) is 5.93. The van der Waals surface area contributed by atoms with Gasteiger partial charge < -0.3 is 15.4 Å². The van der Waals surface area contributed by atoms with Crippen molar-refractivity contribution in [2.24, 2.45) is 0 Å². The van der Waals surface area contributed by atoms with Gasteiger partial charge in [0.15, 0.2) is 0 Å². The summed E-state index contributed by atoms with van der Waals surface area (Å²) in [6, 6.07) is 18.7. The third-order valence-corrected chi connectivity index (χ3v) is 7.06. The molecule has 1 heterocycles. The summed E-state index contributed by atoms with van der Waals surface area (Å²) >= 11 is 0. The zero-order valence-electron chi connectivity index (χ0n) is 18.9. The number of fused-ring (bicyclic) bond motifs is 1. The van der Waals surface area contributed by atoms with Gasteiger partial charge >= 0.3 is 0 Å². The van der Waals surface area contributed by atoms with Crippen LogP contribution in [0.1, 0.15) is 27.0 Å². The zero-order valence-corrected chi connectivity index (χ0v) is 19.7. The van der Waals surface area contributed by atoms with E-state index >= 15 is 0 Å². The molecule has 0 unspecified atom stereocenters. The molecule has 172 valence electrons. The van der Waals surface area contributed by atoms with Crippen molar-refractivity contribution in [3.05, 3.63) is 82.9 Å². The van der Waals surface area contributed by atoms with Crippen molar-refractivity contribution in [1.29, 1.82) is 0 Å². The summed E-state index contributed by atoms with van der Waals surface area (Å²) in [5, 5.41) is 6.35. The van der Waals surface area contributed by atoms with Crippen LogP contribution in [0.3, 0.4) is 0 Å². The van der Waals surface area contributed by atoms with E-state index in [-0.39, 0.29) is 5.91 Å². The van der Waals surface area contributed by atoms with Crippen molar-refractivity contribution in [2.75, 3.05) is 30.5 Å². The van der Waals surface area contributed by atoms with Gasteiger partial charge in [0.05, 0.1) is 13.4 Å². The molecule has 0 saturated heterocycles. The molecular weight excluding hydrogens is 438 g/mol. The molecule has 8 heteroatoms. The van der Waals surface area contributed by atoms with Gasteiger partial charge in [-0.05, 0) is 72.5 Å². The molecule has 2 N–H and O–H groups in total. The van der Waals surface area contributed by atoms with E-state index in [1.165, 1.54) is 10.6 Å². The van der Waals surface area contributed by atoms with E-state index in [0.29, 0.717) is 30.8 Å². The number of rotatable bonds is 6. The van der Waals surface area contributed by atoms with Gasteiger partial charge in [-0.15, -0.1) is 0 Å². The first-order valence-electron chi connectivity index (χ1n) is 10.6. The van der Waals surface area contributed by atoms with Crippen molar-refractivity contribution < 1.29 is 17.9 Å². The van der Waals surface area contributed by atoms with Crippen LogP contribution >= 0.6 is 0 Å². The summed E-state index contributed by atoms with van der Waals surface area (Å²) in [7, 11) is -1.63. The van der Waals surface area contributed by atoms with E-state index < -0.39 is 10.0 Å². The van der Waals surface area contributed by atoms with Crippen LogP contribution in [0, 0.1) is 6.92 Å². The molecule has 33 heavy (non-hydrogen) atoms. The average Bonchev–Trinajstić information content (AvgIpc) is 2.80. The molecule has 0 aliphatic carbocycles. The SMILES string of the molecule is COc1ccc(NC(=O)c2cc(Nc3cccc4c3CCN(S(C)(=O)=O)C4)ccc2C)cc1. The number of benzene rings is 3. The molecular formula is C25H27N3O4S. The molecule has 0 radical (unpaired) electrons. The molecule has 1 amide bonds. The third kappa shape index (κ3) is 5.18. The fraction of sp³-hybridized carbons (Fsp3) is 0.240. The lowest BCUT2D eigenvalue weighted by molar-refractivity contribution is 0.102. The quantitative estimate of drug-likeness (QED) is 0.566. The molecule has 0 bridgehead atoms. The summed E-state index contributed by atoms with van der Waals surface area (Å²) in [4.78, 5) is 12.9. The highest BCUT2D eigenvalue weighted by atomic mass is 32.2. The smallest absolute Gasteiger partial charge is 0.256 e. The number of nitrogens with one attached hydrogen (secondary N) is 2. The van der Waals surface area contributed by atoms with Crippen LogP contribution in [0.5, 0.6) is 5.75 Å². The predicted octanol–water partition coefficient (Wildman–Crippen LogP) is 4.32. The maximum absolute atomic E-state index is 12.9. The van der Waals surface area contributed by atoms with Gasteiger partial charge in [0, 0.05) is 35.7 Å². The van der Waals surface area contributed by atoms with Gasteiger partial charge in [-0.25, -0.2) is 8.42 Å². The Kier molecular flexibility index (Phi) is 6.40. The minimum absolute atomic E-state index is 0.194. The van der Waals surface area contributed by atoms with Crippen molar-refractivity contribution in [1.82, 2.24) is 4.31 Å². The average molecular weight is 466 g/mol. The largest absolute Gasteiger partial charge is 0.497 e. The molecule has 0 saturated carbocycles. The van der Waals surface area contributed by atoms with Crippen molar-refractivity contribution in [3.8, 4) is 5.75 Å². The second kappa shape index (κ2) is 9.25. The second-order valence-corrected chi connectivity index (χ2v) is 10.1. The van der Waals surface area contributed by atoms with E-state index in [4.69, 9.17) is 4.74 Å². The first kappa shape index (κ1) is 22.8. The van der Waals surface area contributed by atoms with Gasteiger partial charge in [-0.2, -0.15) is 4.31 Å². The highest BCUT2D eigenvalue weighted by Gasteiger charge is 2.24. The summed E-state index contributed by atoms with van der Waals surface area (Å²) < 4.78 is 30.5. The Bertz CT molecular complexity index is 1290. The predicted molar refractivity (Wildman–Crippen MR) is 131 cm³/mol. The number of methoxy groups -OCH3 is 1. The van der Waals surface area contributed by atoms with E-state index in [9.17, 15) is 13.2 Å². The van der Waals surface area contributed by atoms with E-state index in [1.807, 2.05) is 43.3 Å². The molecule has 0 spiro atoms. The molecule has 3 aromatic rings. The van der Waals surface area contributed by atoms with Crippen molar-refractivity contribution in [2.45, 2.75) is 19.9 Å². The number of amides is 1. The molecule has 0 fully saturated rings. The molecule has 0 aromatic heterocycles. The molecule has 3 aromatic carbocycles. The Morgan fingerprint density at radius 3 is 2.45 bits per heavy atom. The third-order valence-electron chi connectivity index (χ3n) is 5.81. The summed E-state index contributed by atoms with van der Waals surface area (Å²) in [6.45, 7) is 2.72. The molecule has 1 aliphatic rings. The summed E-state index contributed by atoms with van der Waals surface area (Å²) in [6.07, 6.45) is 1.87. The molecule has 7 nitrogen and oxygen atoms in total. The minimum Gasteiger partial charge on any atom is -0.497 e. The monoisotopic (exact) mass is 465 g/mol. The van der Waals surface area contributed by atoms with E-state index in [1.54, 1.807) is 31.4 Å².